The Hall–Kier alpha value is -2.99. The van der Waals surface area contributed by atoms with Gasteiger partial charge in [0.1, 0.15) is 18.5 Å². The molecule has 2 N–H and O–H groups in total. The number of benzene rings is 2. The van der Waals surface area contributed by atoms with Crippen molar-refractivity contribution in [1.82, 2.24) is 25.0 Å². The van der Waals surface area contributed by atoms with Crippen LogP contribution >= 0.6 is 11.3 Å². The molecule has 0 aliphatic carbocycles. The third kappa shape index (κ3) is 6.96. The molecule has 4 aromatic rings. The summed E-state index contributed by atoms with van der Waals surface area (Å²) in [5.74, 6) is 0.716. The second-order valence-electron chi connectivity index (χ2n) is 9.79. The highest BCUT2D eigenvalue weighted by Gasteiger charge is 2.30. The fraction of sp³-hybridized carbons (Fsp3) is 0.429. The quantitative estimate of drug-likeness (QED) is 0.289. The van der Waals surface area contributed by atoms with Crippen LogP contribution in [0, 0.1) is 0 Å². The number of thiazole rings is 1. The Balaban J connectivity index is 1.05. The van der Waals surface area contributed by atoms with Crippen LogP contribution in [0.15, 0.2) is 48.7 Å². The molecule has 0 saturated carbocycles. The van der Waals surface area contributed by atoms with Crippen molar-refractivity contribution in [3.05, 3.63) is 64.9 Å². The number of piperazine rings is 1. The average Bonchev–Trinajstić information content (AvgIpc) is 3.57. The summed E-state index contributed by atoms with van der Waals surface area (Å²) in [5.41, 5.74) is 2.72. The van der Waals surface area contributed by atoms with E-state index in [0.717, 1.165) is 84.2 Å². The normalized spacial score (nSPS) is 16.1. The highest BCUT2D eigenvalue weighted by atomic mass is 32.1. The standard InChI is InChI=1S/C28H32F3N5O2S/c1-2-27-33-25-15-22(7-8-26(25)39-27)38-18-21(37)17-36-13-11-35(12-14-36)10-9-24-23(16-32-34-24)19-3-5-20(6-4-19)28(29,30)31/h3-8,15-16,21,37H,2,9-14,17-18H2,1H3,(H,32,34). The van der Waals surface area contributed by atoms with Gasteiger partial charge in [0.25, 0.3) is 0 Å². The first kappa shape index (κ1) is 27.6. The highest BCUT2D eigenvalue weighted by Crippen LogP contribution is 2.31. The predicted octanol–water partition coefficient (Wildman–Crippen LogP) is 4.87. The van der Waals surface area contributed by atoms with E-state index >= 15 is 0 Å². The van der Waals surface area contributed by atoms with Crippen LogP contribution in [0.25, 0.3) is 21.3 Å². The molecule has 1 atom stereocenters. The van der Waals surface area contributed by atoms with Gasteiger partial charge in [0.05, 0.1) is 27.0 Å². The Morgan fingerprint density at radius 2 is 1.82 bits per heavy atom. The largest absolute Gasteiger partial charge is 0.491 e. The molecular formula is C28H32F3N5O2S. The molecule has 3 heterocycles. The van der Waals surface area contributed by atoms with Crippen molar-refractivity contribution in [2.75, 3.05) is 45.9 Å². The summed E-state index contributed by atoms with van der Waals surface area (Å²) in [6.45, 7) is 7.11. The molecule has 1 fully saturated rings. The van der Waals surface area contributed by atoms with Crippen molar-refractivity contribution in [2.24, 2.45) is 0 Å². The topological polar surface area (TPSA) is 77.5 Å². The van der Waals surface area contributed by atoms with Gasteiger partial charge in [-0.2, -0.15) is 18.3 Å². The summed E-state index contributed by atoms with van der Waals surface area (Å²) in [4.78, 5) is 9.20. The van der Waals surface area contributed by atoms with Gasteiger partial charge in [-0.25, -0.2) is 4.98 Å². The third-order valence-corrected chi connectivity index (χ3v) is 8.18. The number of aliphatic hydroxyl groups is 1. The number of β-amino-alcohol motifs (C(OH)–C–C–N with tert-alkyl or cyclic N) is 1. The smallest absolute Gasteiger partial charge is 0.416 e. The Bertz CT molecular complexity index is 1360. The van der Waals surface area contributed by atoms with Gasteiger partial charge in [-0.05, 0) is 36.2 Å². The number of ether oxygens (including phenoxy) is 1. The minimum atomic E-state index is -4.35. The van der Waals surface area contributed by atoms with Gasteiger partial charge < -0.3 is 14.7 Å². The van der Waals surface area contributed by atoms with E-state index in [2.05, 4.69) is 31.9 Å². The van der Waals surface area contributed by atoms with E-state index in [0.29, 0.717) is 17.9 Å². The van der Waals surface area contributed by atoms with Gasteiger partial charge in [-0.15, -0.1) is 11.3 Å². The predicted molar refractivity (Wildman–Crippen MR) is 146 cm³/mol. The number of H-pyrrole nitrogens is 1. The van der Waals surface area contributed by atoms with E-state index in [1.54, 1.807) is 17.5 Å². The van der Waals surface area contributed by atoms with Gasteiger partial charge >= 0.3 is 6.18 Å². The number of halogens is 3. The summed E-state index contributed by atoms with van der Waals surface area (Å²) < 4.78 is 45.6. The molecule has 2 aromatic carbocycles. The molecule has 11 heteroatoms. The Morgan fingerprint density at radius 3 is 2.54 bits per heavy atom. The molecule has 7 nitrogen and oxygen atoms in total. The van der Waals surface area contributed by atoms with Gasteiger partial charge in [0, 0.05) is 63.0 Å². The van der Waals surface area contributed by atoms with Crippen LogP contribution in [-0.2, 0) is 19.0 Å². The van der Waals surface area contributed by atoms with Gasteiger partial charge in [0.2, 0.25) is 0 Å². The molecule has 1 aliphatic rings. The molecule has 1 saturated heterocycles. The number of aromatic nitrogens is 3. The number of aromatic amines is 1. The Morgan fingerprint density at radius 1 is 1.08 bits per heavy atom. The van der Waals surface area contributed by atoms with E-state index in [-0.39, 0.29) is 6.61 Å². The van der Waals surface area contributed by atoms with Crippen molar-refractivity contribution < 1.29 is 23.0 Å². The summed E-state index contributed by atoms with van der Waals surface area (Å²) >= 11 is 1.69. The Labute approximate surface area is 229 Å². The van der Waals surface area contributed by atoms with Crippen LogP contribution in [0.2, 0.25) is 0 Å². The highest BCUT2D eigenvalue weighted by molar-refractivity contribution is 7.18. The minimum Gasteiger partial charge on any atom is -0.491 e. The zero-order valence-corrected chi connectivity index (χ0v) is 22.6. The van der Waals surface area contributed by atoms with Crippen LogP contribution in [-0.4, -0.2) is 82.1 Å². The number of aliphatic hydroxyl groups excluding tert-OH is 1. The van der Waals surface area contributed by atoms with Gasteiger partial charge in [-0.1, -0.05) is 19.1 Å². The summed E-state index contributed by atoms with van der Waals surface area (Å²) in [5, 5.41) is 18.8. The van der Waals surface area contributed by atoms with Gasteiger partial charge in [-0.3, -0.25) is 10.00 Å². The lowest BCUT2D eigenvalue weighted by molar-refractivity contribution is -0.137. The molecule has 0 bridgehead atoms. The maximum atomic E-state index is 12.9. The molecule has 0 spiro atoms. The summed E-state index contributed by atoms with van der Waals surface area (Å²) in [6.07, 6.45) is -1.65. The second kappa shape index (κ2) is 12.0. The number of aryl methyl sites for hydroxylation is 1. The lowest BCUT2D eigenvalue weighted by Gasteiger charge is -2.35. The molecule has 0 amide bonds. The first-order valence-corrected chi connectivity index (χ1v) is 13.9. The molecule has 2 aromatic heterocycles. The van der Waals surface area contributed by atoms with Crippen LogP contribution in [0.5, 0.6) is 5.75 Å². The lowest BCUT2D eigenvalue weighted by Crippen LogP contribution is -2.49. The van der Waals surface area contributed by atoms with Crippen LogP contribution in [0.3, 0.4) is 0 Å². The number of alkyl halides is 3. The van der Waals surface area contributed by atoms with Crippen LogP contribution < -0.4 is 4.74 Å². The number of hydrogen-bond donors (Lipinski definition) is 2. The zero-order valence-electron chi connectivity index (χ0n) is 21.7. The maximum Gasteiger partial charge on any atom is 0.416 e. The third-order valence-electron chi connectivity index (χ3n) is 7.00. The SMILES string of the molecule is CCc1nc2cc(OCC(O)CN3CCN(CCc4[nH]ncc4-c4ccc(C(F)(F)F)cc4)CC3)ccc2s1. The summed E-state index contributed by atoms with van der Waals surface area (Å²) in [6, 6.07) is 11.1. The molecular weight excluding hydrogens is 527 g/mol. The van der Waals surface area contributed by atoms with E-state index in [4.69, 9.17) is 4.74 Å². The Kier molecular flexibility index (Phi) is 8.51. The lowest BCUT2D eigenvalue weighted by atomic mass is 10.0. The van der Waals surface area contributed by atoms with E-state index in [1.807, 2.05) is 18.2 Å². The molecule has 1 aliphatic heterocycles. The monoisotopic (exact) mass is 559 g/mol. The number of fused-ring (bicyclic) bond motifs is 1. The number of rotatable bonds is 10. The van der Waals surface area contributed by atoms with E-state index < -0.39 is 17.8 Å². The van der Waals surface area contributed by atoms with Crippen LogP contribution in [0.4, 0.5) is 13.2 Å². The average molecular weight is 560 g/mol. The zero-order chi connectivity index (χ0) is 27.4. The molecule has 39 heavy (non-hydrogen) atoms. The second-order valence-corrected chi connectivity index (χ2v) is 10.9. The fourth-order valence-electron chi connectivity index (χ4n) is 4.80. The minimum absolute atomic E-state index is 0.225. The molecule has 0 radical (unpaired) electrons. The fourth-order valence-corrected chi connectivity index (χ4v) is 5.68. The van der Waals surface area contributed by atoms with E-state index in [9.17, 15) is 18.3 Å². The van der Waals surface area contributed by atoms with Crippen LogP contribution in [0.1, 0.15) is 23.2 Å². The van der Waals surface area contributed by atoms with Crippen molar-refractivity contribution in [1.29, 1.82) is 0 Å². The van der Waals surface area contributed by atoms with E-state index in [1.165, 1.54) is 12.1 Å². The van der Waals surface area contributed by atoms with Crippen molar-refractivity contribution in [2.45, 2.75) is 32.0 Å². The molecule has 5 rings (SSSR count). The number of hydrogen-bond acceptors (Lipinski definition) is 7. The summed E-state index contributed by atoms with van der Waals surface area (Å²) in [7, 11) is 0. The van der Waals surface area contributed by atoms with Crippen molar-refractivity contribution in [3.8, 4) is 16.9 Å². The maximum absolute atomic E-state index is 12.9. The van der Waals surface area contributed by atoms with Crippen molar-refractivity contribution >= 4 is 21.6 Å². The first-order chi connectivity index (χ1) is 18.8. The first-order valence-electron chi connectivity index (χ1n) is 13.1. The van der Waals surface area contributed by atoms with Crippen molar-refractivity contribution in [3.63, 3.8) is 0 Å². The van der Waals surface area contributed by atoms with Gasteiger partial charge in [0.15, 0.2) is 0 Å². The number of nitrogens with one attached hydrogen (secondary N) is 1. The molecule has 1 unspecified atom stereocenters. The number of nitrogens with zero attached hydrogens (tertiary/aromatic N) is 4. The molecule has 208 valence electrons.